The molecule has 2 aromatic rings. The van der Waals surface area contributed by atoms with Crippen LogP contribution in [0.1, 0.15) is 12.5 Å². The number of hydrogen-bond acceptors (Lipinski definition) is 6. The highest BCUT2D eigenvalue weighted by Crippen LogP contribution is 2.10. The van der Waals surface area contributed by atoms with E-state index in [-0.39, 0.29) is 0 Å². The number of nitrogens with one attached hydrogen (secondary N) is 1. The number of benzene rings is 2. The molecule has 0 fully saturated rings. The number of rotatable bonds is 8. The second-order valence-corrected chi connectivity index (χ2v) is 5.41. The van der Waals surface area contributed by atoms with Crippen LogP contribution in [0.15, 0.2) is 53.7 Å². The number of esters is 1. The maximum atomic E-state index is 12.8. The standard InChI is InChI=1S/C19H19FN2O5/c1-13(19(24)22-16-7-5-15(20)6-8-16)27-18(23)12-26-21-11-14-3-9-17(25-2)10-4-14/h3-11,13H,12H2,1-2H3,(H,22,24)/b21-11-/t13-/m1/s1. The molecule has 2 aromatic carbocycles. The fourth-order valence-electron chi connectivity index (χ4n) is 1.94. The van der Waals surface area contributed by atoms with E-state index in [9.17, 15) is 14.0 Å². The van der Waals surface area contributed by atoms with E-state index in [4.69, 9.17) is 14.3 Å². The zero-order valence-corrected chi connectivity index (χ0v) is 14.8. The topological polar surface area (TPSA) is 86.2 Å². The Morgan fingerprint density at radius 2 is 1.81 bits per heavy atom. The molecule has 0 aliphatic heterocycles. The van der Waals surface area contributed by atoms with E-state index in [0.717, 1.165) is 5.56 Å². The van der Waals surface area contributed by atoms with Crippen molar-refractivity contribution in [2.75, 3.05) is 19.0 Å². The molecule has 0 saturated heterocycles. The number of halogens is 1. The maximum absolute atomic E-state index is 12.8. The molecule has 27 heavy (non-hydrogen) atoms. The van der Waals surface area contributed by atoms with Crippen molar-refractivity contribution in [2.24, 2.45) is 5.16 Å². The Kier molecular flexibility index (Phi) is 7.30. The number of ether oxygens (including phenoxy) is 2. The second kappa shape index (κ2) is 9.91. The first kappa shape index (κ1) is 19.9. The van der Waals surface area contributed by atoms with Crippen molar-refractivity contribution in [3.05, 3.63) is 59.9 Å². The van der Waals surface area contributed by atoms with E-state index in [1.54, 1.807) is 31.4 Å². The van der Waals surface area contributed by atoms with Gasteiger partial charge in [-0.25, -0.2) is 9.18 Å². The Bertz CT molecular complexity index is 791. The quantitative estimate of drug-likeness (QED) is 0.436. The number of carbonyl (C=O) groups excluding carboxylic acids is 2. The third-order valence-corrected chi connectivity index (χ3v) is 3.36. The first-order chi connectivity index (χ1) is 13.0. The van der Waals surface area contributed by atoms with Crippen molar-refractivity contribution in [3.8, 4) is 5.75 Å². The van der Waals surface area contributed by atoms with Crippen LogP contribution in [0.3, 0.4) is 0 Å². The van der Waals surface area contributed by atoms with E-state index in [0.29, 0.717) is 11.4 Å². The minimum Gasteiger partial charge on any atom is -0.497 e. The Morgan fingerprint density at radius 1 is 1.15 bits per heavy atom. The van der Waals surface area contributed by atoms with Crippen LogP contribution in [0.25, 0.3) is 0 Å². The number of carbonyl (C=O) groups is 2. The Labute approximate surface area is 155 Å². The van der Waals surface area contributed by atoms with Gasteiger partial charge in [0.15, 0.2) is 6.10 Å². The van der Waals surface area contributed by atoms with E-state index >= 15 is 0 Å². The second-order valence-electron chi connectivity index (χ2n) is 5.41. The van der Waals surface area contributed by atoms with E-state index in [1.165, 1.54) is 37.4 Å². The molecule has 2 rings (SSSR count). The minimum atomic E-state index is -1.04. The van der Waals surface area contributed by atoms with Crippen LogP contribution in [0.4, 0.5) is 10.1 Å². The van der Waals surface area contributed by atoms with Gasteiger partial charge in [-0.05, 0) is 61.0 Å². The van der Waals surface area contributed by atoms with Crippen LogP contribution in [0.5, 0.6) is 5.75 Å². The summed E-state index contributed by atoms with van der Waals surface area (Å²) >= 11 is 0. The number of anilines is 1. The highest BCUT2D eigenvalue weighted by atomic mass is 19.1. The minimum absolute atomic E-state index is 0.393. The largest absolute Gasteiger partial charge is 0.497 e. The van der Waals surface area contributed by atoms with Crippen molar-refractivity contribution in [1.29, 1.82) is 0 Å². The van der Waals surface area contributed by atoms with Crippen LogP contribution in [-0.2, 0) is 19.2 Å². The van der Waals surface area contributed by atoms with Crippen molar-refractivity contribution in [3.63, 3.8) is 0 Å². The molecule has 0 bridgehead atoms. The monoisotopic (exact) mass is 374 g/mol. The summed E-state index contributed by atoms with van der Waals surface area (Å²) in [5, 5.41) is 6.17. The van der Waals surface area contributed by atoms with Gasteiger partial charge < -0.3 is 19.6 Å². The van der Waals surface area contributed by atoms with Crippen molar-refractivity contribution in [1.82, 2.24) is 0 Å². The molecule has 0 aliphatic carbocycles. The lowest BCUT2D eigenvalue weighted by atomic mass is 10.2. The summed E-state index contributed by atoms with van der Waals surface area (Å²) < 4.78 is 22.8. The Balaban J connectivity index is 1.72. The maximum Gasteiger partial charge on any atom is 0.347 e. The van der Waals surface area contributed by atoms with E-state index in [1.807, 2.05) is 0 Å². The number of nitrogens with zero attached hydrogens (tertiary/aromatic N) is 1. The van der Waals surface area contributed by atoms with Crippen LogP contribution < -0.4 is 10.1 Å². The molecule has 0 spiro atoms. The van der Waals surface area contributed by atoms with Crippen molar-refractivity contribution < 1.29 is 28.3 Å². The summed E-state index contributed by atoms with van der Waals surface area (Å²) in [6.07, 6.45) is 0.383. The summed E-state index contributed by atoms with van der Waals surface area (Å²) in [6.45, 7) is 0.970. The highest BCUT2D eigenvalue weighted by molar-refractivity contribution is 5.95. The normalized spacial score (nSPS) is 11.7. The molecular weight excluding hydrogens is 355 g/mol. The molecule has 0 radical (unpaired) electrons. The van der Waals surface area contributed by atoms with Crippen LogP contribution in [0, 0.1) is 5.82 Å². The molecule has 1 N–H and O–H groups in total. The van der Waals surface area contributed by atoms with Gasteiger partial charge in [0.05, 0.1) is 13.3 Å². The number of methoxy groups -OCH3 is 1. The average Bonchev–Trinajstić information content (AvgIpc) is 2.67. The first-order valence-corrected chi connectivity index (χ1v) is 8.03. The van der Waals surface area contributed by atoms with Gasteiger partial charge in [0.2, 0.25) is 6.61 Å². The number of oxime groups is 1. The zero-order chi connectivity index (χ0) is 19.6. The fourth-order valence-corrected chi connectivity index (χ4v) is 1.94. The van der Waals surface area contributed by atoms with E-state index < -0.39 is 30.4 Å². The van der Waals surface area contributed by atoms with Crippen molar-refractivity contribution >= 4 is 23.8 Å². The third kappa shape index (κ3) is 6.77. The van der Waals surface area contributed by atoms with Gasteiger partial charge >= 0.3 is 5.97 Å². The smallest absolute Gasteiger partial charge is 0.347 e. The molecule has 8 heteroatoms. The molecular formula is C19H19FN2O5. The molecule has 7 nitrogen and oxygen atoms in total. The lowest BCUT2D eigenvalue weighted by Crippen LogP contribution is -2.31. The summed E-state index contributed by atoms with van der Waals surface area (Å²) in [6, 6.07) is 12.3. The van der Waals surface area contributed by atoms with Gasteiger partial charge in [-0.1, -0.05) is 5.16 Å². The van der Waals surface area contributed by atoms with Crippen LogP contribution in [-0.4, -0.2) is 37.9 Å². The predicted octanol–water partition coefficient (Wildman–Crippen LogP) is 2.76. The third-order valence-electron chi connectivity index (χ3n) is 3.36. The van der Waals surface area contributed by atoms with Gasteiger partial charge in [-0.3, -0.25) is 4.79 Å². The average molecular weight is 374 g/mol. The van der Waals surface area contributed by atoms with Gasteiger partial charge in [0.1, 0.15) is 11.6 Å². The predicted molar refractivity (Wildman–Crippen MR) is 97.1 cm³/mol. The Hall–Kier alpha value is -3.42. The molecule has 0 aliphatic rings. The van der Waals surface area contributed by atoms with Crippen LogP contribution >= 0.6 is 0 Å². The molecule has 0 unspecified atom stereocenters. The van der Waals surface area contributed by atoms with Gasteiger partial charge in [-0.2, -0.15) is 0 Å². The zero-order valence-electron chi connectivity index (χ0n) is 14.8. The summed E-state index contributed by atoms with van der Waals surface area (Å²) in [5.41, 5.74) is 1.15. The molecule has 0 heterocycles. The molecule has 1 atom stereocenters. The highest BCUT2D eigenvalue weighted by Gasteiger charge is 2.18. The lowest BCUT2D eigenvalue weighted by molar-refractivity contribution is -0.157. The first-order valence-electron chi connectivity index (χ1n) is 8.03. The molecule has 142 valence electrons. The van der Waals surface area contributed by atoms with Gasteiger partial charge in [-0.15, -0.1) is 0 Å². The van der Waals surface area contributed by atoms with Crippen molar-refractivity contribution in [2.45, 2.75) is 13.0 Å². The SMILES string of the molecule is COc1ccc(/C=N\OCC(=O)O[C@H](C)C(=O)Nc2ccc(F)cc2)cc1. The number of amides is 1. The summed E-state index contributed by atoms with van der Waals surface area (Å²) in [4.78, 5) is 28.5. The summed E-state index contributed by atoms with van der Waals surface area (Å²) in [5.74, 6) is -0.996. The number of hydrogen-bond donors (Lipinski definition) is 1. The van der Waals surface area contributed by atoms with Gasteiger partial charge in [0.25, 0.3) is 5.91 Å². The van der Waals surface area contributed by atoms with Gasteiger partial charge in [0, 0.05) is 5.69 Å². The van der Waals surface area contributed by atoms with E-state index in [2.05, 4.69) is 10.5 Å². The molecule has 0 aromatic heterocycles. The summed E-state index contributed by atoms with van der Waals surface area (Å²) in [7, 11) is 1.57. The van der Waals surface area contributed by atoms with Crippen LogP contribution in [0.2, 0.25) is 0 Å². The molecule has 0 saturated carbocycles. The molecule has 1 amide bonds. The lowest BCUT2D eigenvalue weighted by Gasteiger charge is -2.13. The Morgan fingerprint density at radius 3 is 2.44 bits per heavy atom. The fraction of sp³-hybridized carbons (Fsp3) is 0.211.